The van der Waals surface area contributed by atoms with Gasteiger partial charge in [-0.05, 0) is 12.3 Å². The zero-order chi connectivity index (χ0) is 8.15. The number of aliphatic hydroxyl groups excluding tert-OH is 1. The van der Waals surface area contributed by atoms with Crippen LogP contribution in [0.25, 0.3) is 0 Å². The molecule has 0 aromatic carbocycles. The normalized spacial score (nSPS) is 17.3. The first kappa shape index (κ1) is 10.1. The Morgan fingerprint density at radius 2 is 2.10 bits per heavy atom. The number of hydrogen-bond donors (Lipinski definition) is 1. The minimum atomic E-state index is -2.04. The molecular weight excluding hydrogens is 152 g/mol. The molecule has 2 atom stereocenters. The quantitative estimate of drug-likeness (QED) is 0.608. The summed E-state index contributed by atoms with van der Waals surface area (Å²) in [6.45, 7) is 3.60. The first-order valence-electron chi connectivity index (χ1n) is 3.28. The molecule has 0 aliphatic carbocycles. The van der Waals surface area contributed by atoms with Gasteiger partial charge in [-0.1, -0.05) is 24.9 Å². The van der Waals surface area contributed by atoms with Crippen LogP contribution in [0.4, 0.5) is 0 Å². The lowest BCUT2D eigenvalue weighted by Gasteiger charge is -2.21. The van der Waals surface area contributed by atoms with E-state index in [0.717, 1.165) is 0 Å². The molecule has 0 fully saturated rings. The van der Waals surface area contributed by atoms with Crippen molar-refractivity contribution in [2.45, 2.75) is 25.5 Å². The van der Waals surface area contributed by atoms with Crippen LogP contribution >= 0.6 is 0 Å². The Balaban J connectivity index is 3.85. The molecule has 0 saturated carbocycles. The molecule has 0 rings (SSSR count). The number of rotatable bonds is 4. The van der Waals surface area contributed by atoms with Gasteiger partial charge in [0.15, 0.2) is 0 Å². The van der Waals surface area contributed by atoms with E-state index >= 15 is 0 Å². The molecule has 0 aliphatic rings. The third-order valence-electron chi connectivity index (χ3n) is 1.40. The van der Waals surface area contributed by atoms with E-state index in [2.05, 4.69) is 0 Å². The minimum absolute atomic E-state index is 0.0587. The zero-order valence-electron chi connectivity index (χ0n) is 6.24. The summed E-state index contributed by atoms with van der Waals surface area (Å²) in [4.78, 5) is 0. The van der Waals surface area contributed by atoms with Gasteiger partial charge in [0.2, 0.25) is 0 Å². The van der Waals surface area contributed by atoms with Crippen molar-refractivity contribution < 1.29 is 13.9 Å². The highest BCUT2D eigenvalue weighted by molar-refractivity contribution is 7.79. The third kappa shape index (κ3) is 3.29. The Bertz CT molecular complexity index is 114. The Morgan fingerprint density at radius 1 is 1.60 bits per heavy atom. The Kier molecular flexibility index (Phi) is 4.85. The Labute approximate surface area is 63.7 Å². The van der Waals surface area contributed by atoms with E-state index in [4.69, 9.17) is 5.11 Å². The lowest BCUT2D eigenvalue weighted by molar-refractivity contribution is 0.275. The maximum absolute atomic E-state index is 10.4. The largest absolute Gasteiger partial charge is 0.772 e. The van der Waals surface area contributed by atoms with Gasteiger partial charge in [0.05, 0.1) is 0 Å². The summed E-state index contributed by atoms with van der Waals surface area (Å²) in [5.41, 5.74) is 0. The molecule has 0 heterocycles. The van der Waals surface area contributed by atoms with Gasteiger partial charge in [0.1, 0.15) is 0 Å². The van der Waals surface area contributed by atoms with E-state index in [1.807, 2.05) is 13.8 Å². The fourth-order valence-corrected chi connectivity index (χ4v) is 1.52. The van der Waals surface area contributed by atoms with Crippen LogP contribution < -0.4 is 0 Å². The highest BCUT2D eigenvalue weighted by Gasteiger charge is 2.12. The molecule has 0 radical (unpaired) electrons. The van der Waals surface area contributed by atoms with Gasteiger partial charge in [-0.25, -0.2) is 0 Å². The van der Waals surface area contributed by atoms with Crippen molar-refractivity contribution in [3.8, 4) is 0 Å². The lowest BCUT2D eigenvalue weighted by atomic mass is 10.1. The molecular formula is C6H13O3S-. The average molecular weight is 165 g/mol. The number of hydrogen-bond acceptors (Lipinski definition) is 3. The second-order valence-electron chi connectivity index (χ2n) is 2.56. The molecule has 0 bridgehead atoms. The summed E-state index contributed by atoms with van der Waals surface area (Å²) < 4.78 is 20.8. The van der Waals surface area contributed by atoms with Crippen molar-refractivity contribution in [1.82, 2.24) is 0 Å². The minimum Gasteiger partial charge on any atom is -0.772 e. The van der Waals surface area contributed by atoms with Crippen molar-refractivity contribution in [3.05, 3.63) is 0 Å². The second-order valence-corrected chi connectivity index (χ2v) is 3.68. The molecule has 4 heteroatoms. The predicted molar refractivity (Wildman–Crippen MR) is 39.2 cm³/mol. The second kappa shape index (κ2) is 4.82. The molecule has 62 valence electrons. The van der Waals surface area contributed by atoms with Crippen LogP contribution in [0.3, 0.4) is 0 Å². The van der Waals surface area contributed by atoms with Crippen LogP contribution in [0.15, 0.2) is 0 Å². The molecule has 10 heavy (non-hydrogen) atoms. The molecule has 1 N–H and O–H groups in total. The van der Waals surface area contributed by atoms with E-state index in [-0.39, 0.29) is 12.5 Å². The van der Waals surface area contributed by atoms with Crippen LogP contribution in [-0.4, -0.2) is 25.7 Å². The van der Waals surface area contributed by atoms with Crippen LogP contribution in [-0.2, 0) is 11.1 Å². The van der Waals surface area contributed by atoms with Gasteiger partial charge in [0, 0.05) is 11.9 Å². The fourth-order valence-electron chi connectivity index (χ4n) is 0.779. The van der Waals surface area contributed by atoms with Gasteiger partial charge >= 0.3 is 0 Å². The topological polar surface area (TPSA) is 60.4 Å². The summed E-state index contributed by atoms with van der Waals surface area (Å²) in [5, 5.41) is 8.06. The molecule has 0 spiro atoms. The highest BCUT2D eigenvalue weighted by Crippen LogP contribution is 2.10. The van der Waals surface area contributed by atoms with E-state index in [1.54, 1.807) is 0 Å². The van der Waals surface area contributed by atoms with Crippen LogP contribution in [0, 0.1) is 5.92 Å². The van der Waals surface area contributed by atoms with Gasteiger partial charge in [-0.2, -0.15) is 0 Å². The van der Waals surface area contributed by atoms with E-state index in [0.29, 0.717) is 6.42 Å². The van der Waals surface area contributed by atoms with E-state index in [1.165, 1.54) is 0 Å². The molecule has 0 aromatic heterocycles. The average Bonchev–Trinajstić information content (AvgIpc) is 1.81. The van der Waals surface area contributed by atoms with Crippen LogP contribution in [0.5, 0.6) is 0 Å². The number of aliphatic hydroxyl groups is 1. The SMILES string of the molecule is CC(C)C(CCO)S(=O)[O-]. The van der Waals surface area contributed by atoms with Crippen molar-refractivity contribution in [2.24, 2.45) is 5.92 Å². The monoisotopic (exact) mass is 165 g/mol. The van der Waals surface area contributed by atoms with Crippen LogP contribution in [0.1, 0.15) is 20.3 Å². The summed E-state index contributed by atoms with van der Waals surface area (Å²) in [7, 11) is 0. The third-order valence-corrected chi connectivity index (χ3v) is 2.68. The molecule has 0 aliphatic heterocycles. The van der Waals surface area contributed by atoms with Crippen LogP contribution in [0.2, 0.25) is 0 Å². The van der Waals surface area contributed by atoms with Crippen molar-refractivity contribution >= 4 is 11.1 Å². The maximum Gasteiger partial charge on any atom is 0.0442 e. The zero-order valence-corrected chi connectivity index (χ0v) is 7.06. The summed E-state index contributed by atoms with van der Waals surface area (Å²) in [5.74, 6) is 0.0884. The molecule has 0 amide bonds. The van der Waals surface area contributed by atoms with Gasteiger partial charge in [-0.3, -0.25) is 4.21 Å². The summed E-state index contributed by atoms with van der Waals surface area (Å²) in [6, 6.07) is 0. The molecule has 0 aromatic rings. The van der Waals surface area contributed by atoms with Crippen molar-refractivity contribution in [2.75, 3.05) is 6.61 Å². The lowest BCUT2D eigenvalue weighted by Crippen LogP contribution is -2.22. The van der Waals surface area contributed by atoms with E-state index in [9.17, 15) is 8.76 Å². The van der Waals surface area contributed by atoms with Gasteiger partial charge in [0.25, 0.3) is 0 Å². The first-order valence-corrected chi connectivity index (χ1v) is 4.42. The van der Waals surface area contributed by atoms with Gasteiger partial charge in [-0.15, -0.1) is 0 Å². The highest BCUT2D eigenvalue weighted by atomic mass is 32.2. The molecule has 2 unspecified atom stereocenters. The molecule has 3 nitrogen and oxygen atoms in total. The molecule has 0 saturated heterocycles. The smallest absolute Gasteiger partial charge is 0.0442 e. The van der Waals surface area contributed by atoms with Crippen molar-refractivity contribution in [3.63, 3.8) is 0 Å². The maximum atomic E-state index is 10.4. The predicted octanol–water partition coefficient (Wildman–Crippen LogP) is 0.273. The Hall–Kier alpha value is 0.0700. The fraction of sp³-hybridized carbons (Fsp3) is 1.00. The summed E-state index contributed by atoms with van der Waals surface area (Å²) in [6.07, 6.45) is 0.341. The van der Waals surface area contributed by atoms with Gasteiger partial charge < -0.3 is 9.66 Å². The standard InChI is InChI=1S/C6H14O3S/c1-5(2)6(3-4-7)10(8)9/h5-7H,3-4H2,1-2H3,(H,8,9)/p-1. The Morgan fingerprint density at radius 3 is 2.20 bits per heavy atom. The summed E-state index contributed by atoms with van der Waals surface area (Å²) >= 11 is -2.04. The first-order chi connectivity index (χ1) is 4.59. The van der Waals surface area contributed by atoms with Crippen molar-refractivity contribution in [1.29, 1.82) is 0 Å². The van der Waals surface area contributed by atoms with E-state index < -0.39 is 16.3 Å².